The van der Waals surface area contributed by atoms with E-state index in [1.54, 1.807) is 0 Å². The molecule has 0 aromatic heterocycles. The van der Waals surface area contributed by atoms with Crippen LogP contribution in [0.25, 0.3) is 0 Å². The van der Waals surface area contributed by atoms with Crippen LogP contribution in [0.4, 0.5) is 0 Å². The molecule has 1 aliphatic heterocycles. The molecule has 2 rings (SSSR count). The summed E-state index contributed by atoms with van der Waals surface area (Å²) in [6.07, 6.45) is 4.30. The van der Waals surface area contributed by atoms with Gasteiger partial charge in [0.05, 0.1) is 5.92 Å². The Morgan fingerprint density at radius 3 is 2.78 bits per heavy atom. The summed E-state index contributed by atoms with van der Waals surface area (Å²) in [5.41, 5.74) is 1.29. The highest BCUT2D eigenvalue weighted by Crippen LogP contribution is 2.19. The molecule has 2 amide bonds. The zero-order valence-corrected chi connectivity index (χ0v) is 14.3. The standard InChI is InChI=1S/C19H28N2O2/c1-3-4-12-21-14-17(13-18(21)22)19(23)20-15(2)10-11-16-8-6-5-7-9-16/h5-9,15,17H,3-4,10-14H2,1-2H3,(H,20,23). The van der Waals surface area contributed by atoms with Crippen LogP contribution in [0, 0.1) is 5.92 Å². The molecule has 0 bridgehead atoms. The summed E-state index contributed by atoms with van der Waals surface area (Å²) >= 11 is 0. The first-order valence-electron chi connectivity index (χ1n) is 8.72. The Morgan fingerprint density at radius 1 is 1.35 bits per heavy atom. The van der Waals surface area contributed by atoms with Gasteiger partial charge in [-0.2, -0.15) is 0 Å². The van der Waals surface area contributed by atoms with Crippen molar-refractivity contribution in [2.45, 2.75) is 52.0 Å². The van der Waals surface area contributed by atoms with E-state index < -0.39 is 0 Å². The molecule has 1 saturated heterocycles. The van der Waals surface area contributed by atoms with Gasteiger partial charge in [0.1, 0.15) is 0 Å². The number of nitrogens with one attached hydrogen (secondary N) is 1. The Morgan fingerprint density at radius 2 is 2.09 bits per heavy atom. The van der Waals surface area contributed by atoms with Gasteiger partial charge in [0.15, 0.2) is 0 Å². The summed E-state index contributed by atoms with van der Waals surface area (Å²) in [6, 6.07) is 10.4. The Labute approximate surface area is 139 Å². The number of likely N-dealkylation sites (tertiary alicyclic amines) is 1. The van der Waals surface area contributed by atoms with E-state index in [2.05, 4.69) is 24.4 Å². The summed E-state index contributed by atoms with van der Waals surface area (Å²) < 4.78 is 0. The summed E-state index contributed by atoms with van der Waals surface area (Å²) in [5, 5.41) is 3.07. The van der Waals surface area contributed by atoms with E-state index in [1.807, 2.05) is 30.0 Å². The van der Waals surface area contributed by atoms with Crippen molar-refractivity contribution in [1.82, 2.24) is 10.2 Å². The van der Waals surface area contributed by atoms with Crippen LogP contribution in [0.15, 0.2) is 30.3 Å². The summed E-state index contributed by atoms with van der Waals surface area (Å²) in [5.74, 6) is -0.0352. The second-order valence-electron chi connectivity index (χ2n) is 6.53. The van der Waals surface area contributed by atoms with E-state index in [9.17, 15) is 9.59 Å². The van der Waals surface area contributed by atoms with Crippen molar-refractivity contribution >= 4 is 11.8 Å². The number of unbranched alkanes of at least 4 members (excludes halogenated alkanes) is 1. The van der Waals surface area contributed by atoms with E-state index >= 15 is 0 Å². The van der Waals surface area contributed by atoms with E-state index in [1.165, 1.54) is 5.56 Å². The molecule has 126 valence electrons. The highest BCUT2D eigenvalue weighted by Gasteiger charge is 2.34. The van der Waals surface area contributed by atoms with Crippen LogP contribution in [0.2, 0.25) is 0 Å². The lowest BCUT2D eigenvalue weighted by molar-refractivity contribution is -0.129. The number of benzene rings is 1. The molecule has 0 spiro atoms. The van der Waals surface area contributed by atoms with Crippen molar-refractivity contribution in [1.29, 1.82) is 0 Å². The lowest BCUT2D eigenvalue weighted by Crippen LogP contribution is -2.38. The minimum atomic E-state index is -0.182. The van der Waals surface area contributed by atoms with Gasteiger partial charge in [0.25, 0.3) is 0 Å². The van der Waals surface area contributed by atoms with Gasteiger partial charge in [-0.05, 0) is 31.7 Å². The predicted octanol–water partition coefficient (Wildman–Crippen LogP) is 2.77. The fourth-order valence-corrected chi connectivity index (χ4v) is 2.97. The first kappa shape index (κ1) is 17.5. The van der Waals surface area contributed by atoms with Crippen LogP contribution in [0.3, 0.4) is 0 Å². The van der Waals surface area contributed by atoms with Gasteiger partial charge in [0.2, 0.25) is 11.8 Å². The number of carbonyl (C=O) groups is 2. The number of amides is 2. The normalized spacial score (nSPS) is 19.0. The quantitative estimate of drug-likeness (QED) is 0.802. The average Bonchev–Trinajstić information content (AvgIpc) is 2.93. The summed E-state index contributed by atoms with van der Waals surface area (Å²) in [7, 11) is 0. The monoisotopic (exact) mass is 316 g/mol. The van der Waals surface area contributed by atoms with Crippen molar-refractivity contribution in [3.8, 4) is 0 Å². The zero-order valence-electron chi connectivity index (χ0n) is 14.3. The largest absolute Gasteiger partial charge is 0.353 e. The maximum absolute atomic E-state index is 12.3. The van der Waals surface area contributed by atoms with Crippen LogP contribution >= 0.6 is 0 Å². The molecule has 0 radical (unpaired) electrons. The minimum Gasteiger partial charge on any atom is -0.353 e. The molecule has 2 atom stereocenters. The molecule has 2 unspecified atom stereocenters. The lowest BCUT2D eigenvalue weighted by atomic mass is 10.0. The van der Waals surface area contributed by atoms with Crippen molar-refractivity contribution < 1.29 is 9.59 Å². The molecule has 1 N–H and O–H groups in total. The number of aryl methyl sites for hydroxylation is 1. The first-order chi connectivity index (χ1) is 11.1. The molecular formula is C19H28N2O2. The summed E-state index contributed by atoms with van der Waals surface area (Å²) in [6.45, 7) is 5.50. The Bertz CT molecular complexity index is 515. The van der Waals surface area contributed by atoms with Gasteiger partial charge in [0, 0.05) is 25.6 Å². The molecule has 1 fully saturated rings. The number of hydrogen-bond acceptors (Lipinski definition) is 2. The highest BCUT2D eigenvalue weighted by molar-refractivity contribution is 5.89. The highest BCUT2D eigenvalue weighted by atomic mass is 16.2. The minimum absolute atomic E-state index is 0.0258. The van der Waals surface area contributed by atoms with Crippen molar-refractivity contribution in [2.75, 3.05) is 13.1 Å². The maximum atomic E-state index is 12.3. The molecule has 1 aliphatic rings. The smallest absolute Gasteiger partial charge is 0.225 e. The number of nitrogens with zero attached hydrogens (tertiary/aromatic N) is 1. The van der Waals surface area contributed by atoms with Gasteiger partial charge in [-0.15, -0.1) is 0 Å². The van der Waals surface area contributed by atoms with E-state index in [0.717, 1.165) is 32.2 Å². The predicted molar refractivity (Wildman–Crippen MR) is 92.0 cm³/mol. The van der Waals surface area contributed by atoms with E-state index in [0.29, 0.717) is 13.0 Å². The second-order valence-corrected chi connectivity index (χ2v) is 6.53. The fourth-order valence-electron chi connectivity index (χ4n) is 2.97. The molecule has 4 heteroatoms. The average molecular weight is 316 g/mol. The third-order valence-corrected chi connectivity index (χ3v) is 4.46. The third-order valence-electron chi connectivity index (χ3n) is 4.46. The molecule has 0 saturated carbocycles. The van der Waals surface area contributed by atoms with Crippen LogP contribution in [0.1, 0.15) is 45.1 Å². The van der Waals surface area contributed by atoms with Crippen molar-refractivity contribution in [2.24, 2.45) is 5.92 Å². The molecular weight excluding hydrogens is 288 g/mol. The SMILES string of the molecule is CCCCN1CC(C(=O)NC(C)CCc2ccccc2)CC1=O. The molecule has 1 aromatic carbocycles. The number of hydrogen-bond donors (Lipinski definition) is 1. The molecule has 23 heavy (non-hydrogen) atoms. The topological polar surface area (TPSA) is 49.4 Å². The summed E-state index contributed by atoms with van der Waals surface area (Å²) in [4.78, 5) is 26.1. The van der Waals surface area contributed by atoms with Crippen LogP contribution in [-0.4, -0.2) is 35.8 Å². The Hall–Kier alpha value is -1.84. The van der Waals surface area contributed by atoms with Crippen LogP contribution < -0.4 is 5.32 Å². The van der Waals surface area contributed by atoms with Crippen molar-refractivity contribution in [3.05, 3.63) is 35.9 Å². The van der Waals surface area contributed by atoms with Gasteiger partial charge in [-0.3, -0.25) is 9.59 Å². The first-order valence-corrected chi connectivity index (χ1v) is 8.72. The van der Waals surface area contributed by atoms with E-state index in [4.69, 9.17) is 0 Å². The Kier molecular flexibility index (Phi) is 6.63. The van der Waals surface area contributed by atoms with Gasteiger partial charge >= 0.3 is 0 Å². The van der Waals surface area contributed by atoms with Crippen LogP contribution in [-0.2, 0) is 16.0 Å². The second kappa shape index (κ2) is 8.70. The molecule has 0 aliphatic carbocycles. The lowest BCUT2D eigenvalue weighted by Gasteiger charge is -2.18. The van der Waals surface area contributed by atoms with Crippen molar-refractivity contribution in [3.63, 3.8) is 0 Å². The third kappa shape index (κ3) is 5.38. The maximum Gasteiger partial charge on any atom is 0.225 e. The van der Waals surface area contributed by atoms with Gasteiger partial charge in [-0.1, -0.05) is 43.7 Å². The number of carbonyl (C=O) groups excluding carboxylic acids is 2. The van der Waals surface area contributed by atoms with E-state index in [-0.39, 0.29) is 23.8 Å². The van der Waals surface area contributed by atoms with Gasteiger partial charge in [-0.25, -0.2) is 0 Å². The number of rotatable bonds is 8. The van der Waals surface area contributed by atoms with Gasteiger partial charge < -0.3 is 10.2 Å². The molecule has 1 aromatic rings. The zero-order chi connectivity index (χ0) is 16.7. The molecule has 1 heterocycles. The fraction of sp³-hybridized carbons (Fsp3) is 0.579. The van der Waals surface area contributed by atoms with Crippen LogP contribution in [0.5, 0.6) is 0 Å². The Balaban J connectivity index is 1.74. The molecule has 4 nitrogen and oxygen atoms in total.